The maximum Gasteiger partial charge on any atom is 0.261 e. The van der Waals surface area contributed by atoms with E-state index in [4.69, 9.17) is 4.74 Å². The molecule has 4 atom stereocenters. The lowest BCUT2D eigenvalue weighted by Gasteiger charge is -2.29. The molecule has 3 fully saturated rings. The van der Waals surface area contributed by atoms with Crippen molar-refractivity contribution < 1.29 is 9.53 Å². The number of fused-ring (bicyclic) bond motifs is 1. The highest BCUT2D eigenvalue weighted by Crippen LogP contribution is 2.54. The third-order valence-electron chi connectivity index (χ3n) is 6.61. The average molecular weight is 384 g/mol. The van der Waals surface area contributed by atoms with Crippen LogP contribution in [0, 0.1) is 18.8 Å². The van der Waals surface area contributed by atoms with E-state index in [1.807, 2.05) is 29.8 Å². The molecule has 5 nitrogen and oxygen atoms in total. The Kier molecular flexibility index (Phi) is 4.30. The molecule has 3 aliphatic rings. The topological polar surface area (TPSA) is 54.5 Å². The minimum absolute atomic E-state index is 0.000886. The van der Waals surface area contributed by atoms with Gasteiger partial charge >= 0.3 is 0 Å². The molecule has 0 unspecified atom stereocenters. The number of pyridine rings is 1. The lowest BCUT2D eigenvalue weighted by Crippen LogP contribution is -2.41. The number of aryl methyl sites for hydroxylation is 1. The van der Waals surface area contributed by atoms with Crippen LogP contribution >= 0.6 is 11.3 Å². The average Bonchev–Trinajstić information content (AvgIpc) is 3.42. The van der Waals surface area contributed by atoms with E-state index in [1.54, 1.807) is 0 Å². The van der Waals surface area contributed by atoms with Crippen LogP contribution in [0.2, 0.25) is 0 Å². The first kappa shape index (κ1) is 17.3. The van der Waals surface area contributed by atoms with Crippen LogP contribution in [0.3, 0.4) is 0 Å². The van der Waals surface area contributed by atoms with Crippen molar-refractivity contribution in [2.24, 2.45) is 11.8 Å². The Morgan fingerprint density at radius 2 is 2.37 bits per heavy atom. The van der Waals surface area contributed by atoms with E-state index in [2.05, 4.69) is 28.2 Å². The number of rotatable bonds is 5. The molecule has 0 aliphatic carbocycles. The van der Waals surface area contributed by atoms with Gasteiger partial charge in [0.15, 0.2) is 0 Å². The van der Waals surface area contributed by atoms with Gasteiger partial charge in [0.1, 0.15) is 0 Å². The van der Waals surface area contributed by atoms with Crippen LogP contribution in [0.1, 0.15) is 33.8 Å². The standard InChI is InChI=1S/C21H25N3O2S/c1-14-15(4-2-8-22-14)11-24-12-17-16(18-6-7-21(17,13-24)26-18)10-23-20(25)19-5-3-9-27-19/h2-5,8-9,16-18H,6-7,10-13H2,1H3,(H,23,25)/t16-,17+,18+,21+/m0/s1. The van der Waals surface area contributed by atoms with Crippen LogP contribution < -0.4 is 5.32 Å². The van der Waals surface area contributed by atoms with Gasteiger partial charge in [-0.25, -0.2) is 0 Å². The predicted molar refractivity (Wildman–Crippen MR) is 105 cm³/mol. The number of hydrogen-bond donors (Lipinski definition) is 1. The smallest absolute Gasteiger partial charge is 0.261 e. The third kappa shape index (κ3) is 3.00. The molecule has 6 heteroatoms. The van der Waals surface area contributed by atoms with Crippen molar-refractivity contribution in [1.82, 2.24) is 15.2 Å². The summed E-state index contributed by atoms with van der Waals surface area (Å²) in [6.45, 7) is 5.77. The van der Waals surface area contributed by atoms with Gasteiger partial charge in [0.2, 0.25) is 0 Å². The van der Waals surface area contributed by atoms with Crippen LogP contribution in [0.4, 0.5) is 0 Å². The SMILES string of the molecule is Cc1ncccc1CN1C[C@@H]2[C@H](CNC(=O)c3cccs3)[C@H]3CC[C@]2(C1)O3. The molecule has 1 spiro atoms. The summed E-state index contributed by atoms with van der Waals surface area (Å²) in [5, 5.41) is 5.10. The van der Waals surface area contributed by atoms with E-state index in [-0.39, 0.29) is 11.5 Å². The van der Waals surface area contributed by atoms with Crippen molar-refractivity contribution in [3.63, 3.8) is 0 Å². The van der Waals surface area contributed by atoms with Gasteiger partial charge in [0, 0.05) is 49.9 Å². The largest absolute Gasteiger partial charge is 0.370 e. The van der Waals surface area contributed by atoms with E-state index < -0.39 is 0 Å². The highest BCUT2D eigenvalue weighted by Gasteiger charge is 2.62. The van der Waals surface area contributed by atoms with Crippen LogP contribution in [0.25, 0.3) is 0 Å². The molecule has 2 bridgehead atoms. The zero-order chi connectivity index (χ0) is 18.4. The maximum absolute atomic E-state index is 12.3. The molecule has 2 aromatic rings. The fourth-order valence-electron chi connectivity index (χ4n) is 5.31. The molecule has 2 aromatic heterocycles. The highest BCUT2D eigenvalue weighted by molar-refractivity contribution is 7.12. The molecular weight excluding hydrogens is 358 g/mol. The van der Waals surface area contributed by atoms with E-state index in [0.29, 0.717) is 24.5 Å². The van der Waals surface area contributed by atoms with E-state index in [1.165, 1.54) is 16.9 Å². The fraction of sp³-hybridized carbons (Fsp3) is 0.524. The number of ether oxygens (including phenoxy) is 1. The molecule has 3 aliphatic heterocycles. The minimum Gasteiger partial charge on any atom is -0.370 e. The Labute approximate surface area is 163 Å². The first-order valence-electron chi connectivity index (χ1n) is 9.77. The summed E-state index contributed by atoms with van der Waals surface area (Å²) in [6, 6.07) is 7.99. The summed E-state index contributed by atoms with van der Waals surface area (Å²) >= 11 is 1.49. The van der Waals surface area contributed by atoms with Gasteiger partial charge in [-0.05, 0) is 42.8 Å². The second-order valence-corrected chi connectivity index (χ2v) is 9.08. The molecule has 1 N–H and O–H groups in total. The monoisotopic (exact) mass is 383 g/mol. The second kappa shape index (κ2) is 6.69. The summed E-state index contributed by atoms with van der Waals surface area (Å²) < 4.78 is 6.51. The molecule has 27 heavy (non-hydrogen) atoms. The van der Waals surface area contributed by atoms with Gasteiger partial charge in [-0.15, -0.1) is 11.3 Å². The van der Waals surface area contributed by atoms with Crippen LogP contribution in [0.5, 0.6) is 0 Å². The fourth-order valence-corrected chi connectivity index (χ4v) is 5.95. The van der Waals surface area contributed by atoms with E-state index in [9.17, 15) is 4.79 Å². The number of aromatic nitrogens is 1. The molecule has 0 radical (unpaired) electrons. The normalized spacial score (nSPS) is 32.0. The zero-order valence-electron chi connectivity index (χ0n) is 15.6. The maximum atomic E-state index is 12.3. The molecular formula is C21H25N3O2S. The Morgan fingerprint density at radius 1 is 1.44 bits per heavy atom. The van der Waals surface area contributed by atoms with E-state index >= 15 is 0 Å². The number of thiophene rings is 1. The number of hydrogen-bond acceptors (Lipinski definition) is 5. The molecule has 0 aromatic carbocycles. The van der Waals surface area contributed by atoms with Gasteiger partial charge in [0.25, 0.3) is 5.91 Å². The van der Waals surface area contributed by atoms with Crippen LogP contribution in [-0.4, -0.2) is 47.1 Å². The van der Waals surface area contributed by atoms with Crippen molar-refractivity contribution >= 4 is 17.2 Å². The number of nitrogens with zero attached hydrogens (tertiary/aromatic N) is 2. The Hall–Kier alpha value is -1.76. The van der Waals surface area contributed by atoms with Crippen molar-refractivity contribution in [2.75, 3.05) is 19.6 Å². The van der Waals surface area contributed by atoms with Gasteiger partial charge in [0.05, 0.1) is 16.6 Å². The summed E-state index contributed by atoms with van der Waals surface area (Å²) in [4.78, 5) is 20.1. The first-order valence-corrected chi connectivity index (χ1v) is 10.6. The van der Waals surface area contributed by atoms with Crippen molar-refractivity contribution in [3.05, 3.63) is 52.0 Å². The number of carbonyl (C=O) groups excluding carboxylic acids is 1. The third-order valence-corrected chi connectivity index (χ3v) is 7.48. The second-order valence-electron chi connectivity index (χ2n) is 8.13. The predicted octanol–water partition coefficient (Wildman–Crippen LogP) is 2.86. The number of carbonyl (C=O) groups is 1. The van der Waals surface area contributed by atoms with Crippen LogP contribution in [-0.2, 0) is 11.3 Å². The molecule has 5 heterocycles. The quantitative estimate of drug-likeness (QED) is 0.863. The minimum atomic E-state index is -0.000886. The molecule has 0 saturated carbocycles. The summed E-state index contributed by atoms with van der Waals surface area (Å²) in [7, 11) is 0. The van der Waals surface area contributed by atoms with Crippen LogP contribution in [0.15, 0.2) is 35.8 Å². The van der Waals surface area contributed by atoms with Gasteiger partial charge in [-0.3, -0.25) is 14.7 Å². The lowest BCUT2D eigenvalue weighted by molar-refractivity contribution is 0.00210. The van der Waals surface area contributed by atoms with Gasteiger partial charge < -0.3 is 10.1 Å². The van der Waals surface area contributed by atoms with Crippen molar-refractivity contribution in [1.29, 1.82) is 0 Å². The Morgan fingerprint density at radius 3 is 3.19 bits per heavy atom. The number of nitrogens with one attached hydrogen (secondary N) is 1. The summed E-state index contributed by atoms with van der Waals surface area (Å²) in [5.41, 5.74) is 2.40. The summed E-state index contributed by atoms with van der Waals surface area (Å²) in [5.74, 6) is 0.974. The molecule has 1 amide bonds. The molecule has 142 valence electrons. The van der Waals surface area contributed by atoms with Gasteiger partial charge in [-0.2, -0.15) is 0 Å². The molecule has 3 saturated heterocycles. The summed E-state index contributed by atoms with van der Waals surface area (Å²) in [6.07, 6.45) is 4.43. The molecule has 5 rings (SSSR count). The van der Waals surface area contributed by atoms with Gasteiger partial charge in [-0.1, -0.05) is 12.1 Å². The Bertz CT molecular complexity index is 840. The lowest BCUT2D eigenvalue weighted by atomic mass is 9.73. The first-order chi connectivity index (χ1) is 13.1. The van der Waals surface area contributed by atoms with Crippen molar-refractivity contribution in [3.8, 4) is 0 Å². The zero-order valence-corrected chi connectivity index (χ0v) is 16.4. The highest BCUT2D eigenvalue weighted by atomic mass is 32.1. The number of amides is 1. The van der Waals surface area contributed by atoms with E-state index in [0.717, 1.165) is 43.0 Å². The number of likely N-dealkylation sites (tertiary alicyclic amines) is 1. The Balaban J connectivity index is 1.26. The van der Waals surface area contributed by atoms with Crippen molar-refractivity contribution in [2.45, 2.75) is 38.0 Å².